The molecule has 3 nitrogen and oxygen atoms in total. The summed E-state index contributed by atoms with van der Waals surface area (Å²) in [6, 6.07) is 2.16. The van der Waals surface area contributed by atoms with Crippen molar-refractivity contribution in [1.82, 2.24) is 0 Å². The van der Waals surface area contributed by atoms with Crippen molar-refractivity contribution in [2.45, 2.75) is 41.0 Å². The highest BCUT2D eigenvalue weighted by molar-refractivity contribution is 5.48. The molecule has 4 N–H and O–H groups in total. The highest BCUT2D eigenvalue weighted by Gasteiger charge is 2.18. The third-order valence-corrected chi connectivity index (χ3v) is 4.44. The van der Waals surface area contributed by atoms with Crippen LogP contribution in [0.3, 0.4) is 0 Å². The number of hydrogen-bond acceptors (Lipinski definition) is 3. The lowest BCUT2D eigenvalue weighted by atomic mass is 9.84. The van der Waals surface area contributed by atoms with Gasteiger partial charge in [-0.3, -0.25) is 0 Å². The molecule has 0 heterocycles. The van der Waals surface area contributed by atoms with E-state index in [1.165, 1.54) is 22.3 Å². The van der Waals surface area contributed by atoms with Gasteiger partial charge in [-0.15, -0.1) is 0 Å². The summed E-state index contributed by atoms with van der Waals surface area (Å²) >= 11 is 0. The summed E-state index contributed by atoms with van der Waals surface area (Å²) in [7, 11) is 0. The van der Waals surface area contributed by atoms with Crippen LogP contribution in [0, 0.1) is 32.6 Å². The zero-order valence-corrected chi connectivity index (χ0v) is 13.6. The van der Waals surface area contributed by atoms with Crippen LogP contribution < -0.4 is 16.2 Å². The van der Waals surface area contributed by atoms with Gasteiger partial charge in [-0.05, 0) is 87.4 Å². The molecule has 1 unspecified atom stereocenters. The van der Waals surface area contributed by atoms with E-state index in [0.29, 0.717) is 31.5 Å². The molecule has 0 fully saturated rings. The van der Waals surface area contributed by atoms with E-state index in [9.17, 15) is 0 Å². The van der Waals surface area contributed by atoms with Gasteiger partial charge in [-0.2, -0.15) is 0 Å². The Balaban J connectivity index is 3.04. The Hall–Kier alpha value is -1.06. The lowest BCUT2D eigenvalue weighted by Crippen LogP contribution is -2.30. The molecule has 1 rings (SSSR count). The van der Waals surface area contributed by atoms with E-state index < -0.39 is 0 Å². The van der Waals surface area contributed by atoms with Crippen LogP contribution in [0.5, 0.6) is 5.75 Å². The van der Waals surface area contributed by atoms with Crippen LogP contribution in [0.25, 0.3) is 0 Å². The van der Waals surface area contributed by atoms with Gasteiger partial charge in [0.1, 0.15) is 5.75 Å². The molecule has 1 aromatic carbocycles. The second kappa shape index (κ2) is 7.65. The number of ether oxygens (including phenoxy) is 1. The minimum absolute atomic E-state index is 0.390. The summed E-state index contributed by atoms with van der Waals surface area (Å²) in [4.78, 5) is 0. The van der Waals surface area contributed by atoms with Crippen LogP contribution in [0.15, 0.2) is 6.07 Å². The van der Waals surface area contributed by atoms with Gasteiger partial charge < -0.3 is 16.2 Å². The predicted molar refractivity (Wildman–Crippen MR) is 86.3 cm³/mol. The van der Waals surface area contributed by atoms with E-state index >= 15 is 0 Å². The molecular formula is C17H30N2O. The monoisotopic (exact) mass is 278 g/mol. The minimum Gasteiger partial charge on any atom is -0.494 e. The van der Waals surface area contributed by atoms with Crippen molar-refractivity contribution in [2.75, 3.05) is 19.7 Å². The van der Waals surface area contributed by atoms with Gasteiger partial charge in [-0.1, -0.05) is 6.92 Å². The fourth-order valence-electron chi connectivity index (χ4n) is 2.77. The quantitative estimate of drug-likeness (QED) is 0.806. The fourth-order valence-corrected chi connectivity index (χ4v) is 2.77. The van der Waals surface area contributed by atoms with Crippen LogP contribution >= 0.6 is 0 Å². The van der Waals surface area contributed by atoms with Crippen LogP contribution in [0.2, 0.25) is 0 Å². The zero-order chi connectivity index (χ0) is 15.3. The molecule has 0 aliphatic rings. The molecule has 0 spiro atoms. The molecule has 114 valence electrons. The summed E-state index contributed by atoms with van der Waals surface area (Å²) in [5.74, 6) is 1.90. The molecule has 0 bridgehead atoms. The molecule has 0 aliphatic carbocycles. The van der Waals surface area contributed by atoms with Gasteiger partial charge in [-0.25, -0.2) is 0 Å². The highest BCUT2D eigenvalue weighted by atomic mass is 16.5. The van der Waals surface area contributed by atoms with Crippen molar-refractivity contribution < 1.29 is 4.74 Å². The Labute approximate surface area is 123 Å². The number of nitrogens with two attached hydrogens (primary N) is 2. The minimum atomic E-state index is 0.390. The standard InChI is InChI=1S/C17H30N2O/c1-6-20-17-8-12(3)16(13(4)14(17)5)7-11(2)15(9-18)10-19/h8,11,15H,6-7,9-10,18-19H2,1-5H3. The van der Waals surface area contributed by atoms with Crippen LogP contribution in [-0.4, -0.2) is 19.7 Å². The topological polar surface area (TPSA) is 61.3 Å². The molecule has 0 aromatic heterocycles. The average molecular weight is 278 g/mol. The molecule has 1 aromatic rings. The first-order valence-corrected chi connectivity index (χ1v) is 7.58. The first kappa shape index (κ1) is 17.0. The SMILES string of the molecule is CCOc1cc(C)c(CC(C)C(CN)CN)c(C)c1C. The van der Waals surface area contributed by atoms with Crippen molar-refractivity contribution in [2.24, 2.45) is 23.3 Å². The average Bonchev–Trinajstić information content (AvgIpc) is 2.42. The second-order valence-electron chi connectivity index (χ2n) is 5.77. The van der Waals surface area contributed by atoms with E-state index in [-0.39, 0.29) is 0 Å². The normalized spacial score (nSPS) is 12.8. The molecule has 3 heteroatoms. The molecular weight excluding hydrogens is 248 g/mol. The molecule has 0 radical (unpaired) electrons. The maximum atomic E-state index is 5.81. The van der Waals surface area contributed by atoms with Crippen LogP contribution in [-0.2, 0) is 6.42 Å². The summed E-state index contributed by atoms with van der Waals surface area (Å²) in [6.45, 7) is 12.8. The largest absolute Gasteiger partial charge is 0.494 e. The summed E-state index contributed by atoms with van der Waals surface area (Å²) in [5, 5.41) is 0. The highest BCUT2D eigenvalue weighted by Crippen LogP contribution is 2.30. The molecule has 1 atom stereocenters. The van der Waals surface area contributed by atoms with E-state index in [0.717, 1.165) is 12.2 Å². The summed E-state index contributed by atoms with van der Waals surface area (Å²) in [6.07, 6.45) is 1.03. The van der Waals surface area contributed by atoms with Gasteiger partial charge in [0, 0.05) is 0 Å². The third-order valence-electron chi connectivity index (χ3n) is 4.44. The van der Waals surface area contributed by atoms with Gasteiger partial charge in [0.05, 0.1) is 6.61 Å². The van der Waals surface area contributed by atoms with Crippen LogP contribution in [0.1, 0.15) is 36.1 Å². The maximum absolute atomic E-state index is 5.81. The van der Waals surface area contributed by atoms with Crippen molar-refractivity contribution in [3.05, 3.63) is 28.3 Å². The van der Waals surface area contributed by atoms with Crippen molar-refractivity contribution in [3.8, 4) is 5.75 Å². The van der Waals surface area contributed by atoms with E-state index in [1.54, 1.807) is 0 Å². The lowest BCUT2D eigenvalue weighted by Gasteiger charge is -2.24. The molecule has 0 saturated carbocycles. The first-order valence-electron chi connectivity index (χ1n) is 7.58. The smallest absolute Gasteiger partial charge is 0.122 e. The third kappa shape index (κ3) is 3.74. The molecule has 0 saturated heterocycles. The first-order chi connectivity index (χ1) is 9.46. The number of aryl methyl sites for hydroxylation is 1. The Morgan fingerprint density at radius 2 is 1.70 bits per heavy atom. The van der Waals surface area contributed by atoms with E-state index in [1.807, 2.05) is 6.92 Å². The number of hydrogen-bond donors (Lipinski definition) is 2. The summed E-state index contributed by atoms with van der Waals surface area (Å²) < 4.78 is 5.71. The van der Waals surface area contributed by atoms with Crippen molar-refractivity contribution in [1.29, 1.82) is 0 Å². The van der Waals surface area contributed by atoms with Crippen molar-refractivity contribution >= 4 is 0 Å². The maximum Gasteiger partial charge on any atom is 0.122 e. The summed E-state index contributed by atoms with van der Waals surface area (Å²) in [5.41, 5.74) is 16.9. The van der Waals surface area contributed by atoms with Gasteiger partial charge >= 0.3 is 0 Å². The number of rotatable bonds is 7. The van der Waals surface area contributed by atoms with Gasteiger partial charge in [0.25, 0.3) is 0 Å². The number of benzene rings is 1. The molecule has 0 amide bonds. The second-order valence-corrected chi connectivity index (χ2v) is 5.77. The Bertz CT molecular complexity index is 439. The van der Waals surface area contributed by atoms with Crippen molar-refractivity contribution in [3.63, 3.8) is 0 Å². The Morgan fingerprint density at radius 1 is 1.10 bits per heavy atom. The van der Waals surface area contributed by atoms with E-state index in [4.69, 9.17) is 16.2 Å². The van der Waals surface area contributed by atoms with Crippen LogP contribution in [0.4, 0.5) is 0 Å². The zero-order valence-electron chi connectivity index (χ0n) is 13.6. The Morgan fingerprint density at radius 3 is 2.20 bits per heavy atom. The van der Waals surface area contributed by atoms with E-state index in [2.05, 4.69) is 33.8 Å². The van der Waals surface area contributed by atoms with Gasteiger partial charge in [0.15, 0.2) is 0 Å². The molecule has 0 aliphatic heterocycles. The Kier molecular flexibility index (Phi) is 6.50. The predicted octanol–water partition coefficient (Wildman–Crippen LogP) is 2.72. The van der Waals surface area contributed by atoms with Gasteiger partial charge in [0.2, 0.25) is 0 Å². The molecule has 20 heavy (non-hydrogen) atoms. The lowest BCUT2D eigenvalue weighted by molar-refractivity contribution is 0.336. The fraction of sp³-hybridized carbons (Fsp3) is 0.647.